The minimum atomic E-state index is -0.671. The first kappa shape index (κ1) is 12.1. The molecule has 1 heterocycles. The standard InChI is InChI=1S/C10H22N2OS/c1-9(14(3)13)4-6-11-10-5-7-12(2)8-10/h9-11H,4-8H2,1-3H3. The number of hydrogen-bond donors (Lipinski definition) is 1. The quantitative estimate of drug-likeness (QED) is 0.726. The van der Waals surface area contributed by atoms with Crippen LogP contribution in [0, 0.1) is 0 Å². The molecular formula is C10H22N2OS. The maximum absolute atomic E-state index is 11.1. The fourth-order valence-electron chi connectivity index (χ4n) is 1.76. The monoisotopic (exact) mass is 218 g/mol. The minimum Gasteiger partial charge on any atom is -0.313 e. The van der Waals surface area contributed by atoms with Gasteiger partial charge in [-0.2, -0.15) is 0 Å². The van der Waals surface area contributed by atoms with E-state index in [1.165, 1.54) is 13.0 Å². The van der Waals surface area contributed by atoms with Crippen molar-refractivity contribution in [2.45, 2.75) is 31.1 Å². The van der Waals surface area contributed by atoms with Crippen LogP contribution in [0.2, 0.25) is 0 Å². The number of likely N-dealkylation sites (N-methyl/N-ethyl adjacent to an activating group) is 1. The van der Waals surface area contributed by atoms with Crippen LogP contribution in [0.15, 0.2) is 0 Å². The first-order valence-electron chi connectivity index (χ1n) is 5.33. The molecule has 0 spiro atoms. The van der Waals surface area contributed by atoms with Gasteiger partial charge >= 0.3 is 0 Å². The molecule has 4 heteroatoms. The molecule has 0 aromatic heterocycles. The summed E-state index contributed by atoms with van der Waals surface area (Å²) in [6.07, 6.45) is 4.05. The first-order chi connectivity index (χ1) is 6.59. The molecule has 1 fully saturated rings. The van der Waals surface area contributed by atoms with E-state index in [0.29, 0.717) is 11.3 Å². The van der Waals surface area contributed by atoms with Crippen molar-refractivity contribution >= 4 is 10.8 Å². The van der Waals surface area contributed by atoms with Crippen molar-refractivity contribution in [2.24, 2.45) is 0 Å². The number of nitrogens with zero attached hydrogens (tertiary/aromatic N) is 1. The van der Waals surface area contributed by atoms with E-state index >= 15 is 0 Å². The third-order valence-corrected chi connectivity index (χ3v) is 4.31. The van der Waals surface area contributed by atoms with Gasteiger partial charge in [-0.1, -0.05) is 6.92 Å². The molecule has 0 amide bonds. The predicted molar refractivity (Wildman–Crippen MR) is 62.1 cm³/mol. The van der Waals surface area contributed by atoms with E-state index in [-0.39, 0.29) is 0 Å². The normalized spacial score (nSPS) is 27.8. The SMILES string of the molecule is CC(CCNC1CCN(C)C1)S(C)=O. The Morgan fingerprint density at radius 1 is 1.64 bits per heavy atom. The molecule has 1 saturated heterocycles. The lowest BCUT2D eigenvalue weighted by molar-refractivity contribution is 0.397. The lowest BCUT2D eigenvalue weighted by Gasteiger charge is -2.14. The largest absolute Gasteiger partial charge is 0.313 e. The second-order valence-corrected chi connectivity index (χ2v) is 6.10. The molecule has 1 N–H and O–H groups in total. The molecule has 84 valence electrons. The average molecular weight is 218 g/mol. The van der Waals surface area contributed by atoms with E-state index in [0.717, 1.165) is 19.5 Å². The molecule has 3 unspecified atom stereocenters. The fraction of sp³-hybridized carbons (Fsp3) is 1.00. The molecule has 1 aliphatic heterocycles. The molecule has 1 rings (SSSR count). The molecule has 0 aliphatic carbocycles. The molecule has 14 heavy (non-hydrogen) atoms. The summed E-state index contributed by atoms with van der Waals surface area (Å²) in [6.45, 7) is 5.41. The third-order valence-electron chi connectivity index (χ3n) is 2.94. The van der Waals surface area contributed by atoms with E-state index in [9.17, 15) is 4.21 Å². The van der Waals surface area contributed by atoms with Crippen LogP contribution >= 0.6 is 0 Å². The molecule has 0 bridgehead atoms. The number of rotatable bonds is 5. The van der Waals surface area contributed by atoms with Gasteiger partial charge in [0, 0.05) is 34.9 Å². The van der Waals surface area contributed by atoms with Gasteiger partial charge in [-0.15, -0.1) is 0 Å². The Labute approximate surface area is 89.7 Å². The zero-order chi connectivity index (χ0) is 10.6. The smallest absolute Gasteiger partial charge is 0.0329 e. The van der Waals surface area contributed by atoms with Gasteiger partial charge in [0.2, 0.25) is 0 Å². The molecule has 0 saturated carbocycles. The number of nitrogens with one attached hydrogen (secondary N) is 1. The summed E-state index contributed by atoms with van der Waals surface area (Å²) in [5.74, 6) is 0. The Balaban J connectivity index is 2.07. The van der Waals surface area contributed by atoms with Crippen molar-refractivity contribution in [2.75, 3.05) is 32.9 Å². The number of likely N-dealkylation sites (tertiary alicyclic amines) is 1. The summed E-state index contributed by atoms with van der Waals surface area (Å²) in [6, 6.07) is 0.650. The first-order valence-corrected chi connectivity index (χ1v) is 6.96. The zero-order valence-corrected chi connectivity index (χ0v) is 10.3. The van der Waals surface area contributed by atoms with Crippen LogP contribution < -0.4 is 5.32 Å². The van der Waals surface area contributed by atoms with Crippen molar-refractivity contribution in [1.29, 1.82) is 0 Å². The molecule has 3 nitrogen and oxygen atoms in total. The van der Waals surface area contributed by atoms with E-state index in [1.807, 2.05) is 0 Å². The highest BCUT2D eigenvalue weighted by Crippen LogP contribution is 2.06. The molecule has 3 atom stereocenters. The van der Waals surface area contributed by atoms with Crippen molar-refractivity contribution in [1.82, 2.24) is 10.2 Å². The van der Waals surface area contributed by atoms with E-state index in [2.05, 4.69) is 24.2 Å². The van der Waals surface area contributed by atoms with Gasteiger partial charge in [0.15, 0.2) is 0 Å². The lowest BCUT2D eigenvalue weighted by atomic mass is 10.2. The summed E-state index contributed by atoms with van der Waals surface area (Å²) < 4.78 is 11.1. The summed E-state index contributed by atoms with van der Waals surface area (Å²) in [7, 11) is 1.49. The summed E-state index contributed by atoms with van der Waals surface area (Å²) >= 11 is 0. The highest BCUT2D eigenvalue weighted by atomic mass is 32.2. The average Bonchev–Trinajstić information content (AvgIpc) is 2.51. The summed E-state index contributed by atoms with van der Waals surface area (Å²) in [5, 5.41) is 3.84. The zero-order valence-electron chi connectivity index (χ0n) is 9.45. The van der Waals surface area contributed by atoms with Gasteiger partial charge in [0.1, 0.15) is 0 Å². The Kier molecular flexibility index (Phi) is 5.06. The number of hydrogen-bond acceptors (Lipinski definition) is 3. The second kappa shape index (κ2) is 5.83. The van der Waals surface area contributed by atoms with Crippen LogP contribution in [-0.4, -0.2) is 53.3 Å². The maximum atomic E-state index is 11.1. The maximum Gasteiger partial charge on any atom is 0.0329 e. The molecule has 0 aromatic carbocycles. The highest BCUT2D eigenvalue weighted by molar-refractivity contribution is 7.84. The van der Waals surface area contributed by atoms with E-state index in [4.69, 9.17) is 0 Å². The van der Waals surface area contributed by atoms with Crippen LogP contribution in [-0.2, 0) is 10.8 Å². The summed E-state index contributed by atoms with van der Waals surface area (Å²) in [4.78, 5) is 2.35. The Morgan fingerprint density at radius 2 is 2.36 bits per heavy atom. The van der Waals surface area contributed by atoms with Gasteiger partial charge in [0.05, 0.1) is 0 Å². The van der Waals surface area contributed by atoms with Gasteiger partial charge in [-0.25, -0.2) is 0 Å². The van der Waals surface area contributed by atoms with Crippen LogP contribution in [0.25, 0.3) is 0 Å². The van der Waals surface area contributed by atoms with Crippen molar-refractivity contribution < 1.29 is 4.21 Å². The topological polar surface area (TPSA) is 32.3 Å². The van der Waals surface area contributed by atoms with Crippen molar-refractivity contribution in [3.63, 3.8) is 0 Å². The minimum absolute atomic E-state index is 0.321. The molecule has 0 radical (unpaired) electrons. The van der Waals surface area contributed by atoms with Gasteiger partial charge in [-0.05, 0) is 33.0 Å². The van der Waals surface area contributed by atoms with Crippen LogP contribution in [0.5, 0.6) is 0 Å². The second-order valence-electron chi connectivity index (χ2n) is 4.30. The fourth-order valence-corrected chi connectivity index (χ4v) is 2.21. The van der Waals surface area contributed by atoms with Gasteiger partial charge in [0.25, 0.3) is 0 Å². The van der Waals surface area contributed by atoms with Crippen molar-refractivity contribution in [3.05, 3.63) is 0 Å². The van der Waals surface area contributed by atoms with Gasteiger partial charge < -0.3 is 10.2 Å². The highest BCUT2D eigenvalue weighted by Gasteiger charge is 2.18. The Morgan fingerprint density at radius 3 is 2.86 bits per heavy atom. The van der Waals surface area contributed by atoms with Crippen LogP contribution in [0.1, 0.15) is 19.8 Å². The van der Waals surface area contributed by atoms with Crippen LogP contribution in [0.4, 0.5) is 0 Å². The van der Waals surface area contributed by atoms with Crippen LogP contribution in [0.3, 0.4) is 0 Å². The predicted octanol–water partition coefficient (Wildman–Crippen LogP) is 0.437. The molecule has 0 aromatic rings. The Hall–Kier alpha value is 0.0700. The molecule has 1 aliphatic rings. The molecular weight excluding hydrogens is 196 g/mol. The van der Waals surface area contributed by atoms with Gasteiger partial charge in [-0.3, -0.25) is 4.21 Å². The lowest BCUT2D eigenvalue weighted by Crippen LogP contribution is -2.33. The summed E-state index contributed by atoms with van der Waals surface area (Å²) in [5.41, 5.74) is 0. The third kappa shape index (κ3) is 4.07. The van der Waals surface area contributed by atoms with E-state index < -0.39 is 10.8 Å². The van der Waals surface area contributed by atoms with E-state index in [1.54, 1.807) is 6.26 Å². The van der Waals surface area contributed by atoms with Crippen molar-refractivity contribution in [3.8, 4) is 0 Å². The Bertz CT molecular complexity index is 199.